The Morgan fingerprint density at radius 1 is 0.700 bits per heavy atom. The number of nitrogens with one attached hydrogen (secondary N) is 1. The standard InChI is InChI=1S/C33H28FN3O3/c34-26-18-10-11-19-27(26)35-37-28(31(38)29(22-12-4-1-5-13-22)23-14-6-2-7-15-23)21-20-25-30(37)33(40)36(32(25)39)24-16-8-3-9-17-24/h1-21,25,28-31,35,38H. The number of hydrogen-bond donors (Lipinski definition) is 2. The summed E-state index contributed by atoms with van der Waals surface area (Å²) < 4.78 is 14.9. The normalized spacial score (nSPS) is 21.5. The van der Waals surface area contributed by atoms with Crippen molar-refractivity contribution in [3.8, 4) is 0 Å². The Morgan fingerprint density at radius 3 is 1.85 bits per heavy atom. The topological polar surface area (TPSA) is 72.9 Å². The van der Waals surface area contributed by atoms with Gasteiger partial charge in [0.05, 0.1) is 29.4 Å². The molecule has 200 valence electrons. The Hall–Kier alpha value is -4.59. The van der Waals surface area contributed by atoms with Gasteiger partial charge in [0.15, 0.2) is 0 Å². The second-order valence-corrected chi connectivity index (χ2v) is 9.98. The number of nitrogens with zero attached hydrogens (tertiary/aromatic N) is 2. The summed E-state index contributed by atoms with van der Waals surface area (Å²) >= 11 is 0. The van der Waals surface area contributed by atoms with Gasteiger partial charge in [0.2, 0.25) is 5.91 Å². The third-order valence-electron chi connectivity index (χ3n) is 7.60. The lowest BCUT2D eigenvalue weighted by molar-refractivity contribution is -0.123. The third-order valence-corrected chi connectivity index (χ3v) is 7.60. The van der Waals surface area contributed by atoms with Gasteiger partial charge < -0.3 is 10.5 Å². The van der Waals surface area contributed by atoms with Gasteiger partial charge in [-0.25, -0.2) is 14.3 Å². The van der Waals surface area contributed by atoms with Gasteiger partial charge in [0.25, 0.3) is 5.91 Å². The van der Waals surface area contributed by atoms with Crippen molar-refractivity contribution in [1.29, 1.82) is 0 Å². The number of benzene rings is 4. The maximum atomic E-state index is 14.9. The number of amides is 2. The van der Waals surface area contributed by atoms with E-state index in [-0.39, 0.29) is 11.6 Å². The fourth-order valence-electron chi connectivity index (χ4n) is 5.72. The molecule has 2 aliphatic heterocycles. The van der Waals surface area contributed by atoms with Crippen molar-refractivity contribution in [2.24, 2.45) is 5.92 Å². The molecular weight excluding hydrogens is 505 g/mol. The number of fused-ring (bicyclic) bond motifs is 1. The Morgan fingerprint density at radius 2 is 1.25 bits per heavy atom. The lowest BCUT2D eigenvalue weighted by Gasteiger charge is -2.42. The van der Waals surface area contributed by atoms with E-state index in [1.165, 1.54) is 11.0 Å². The van der Waals surface area contributed by atoms with Gasteiger partial charge >= 0.3 is 0 Å². The number of imide groups is 1. The minimum absolute atomic E-state index is 0.142. The third kappa shape index (κ3) is 4.59. The summed E-state index contributed by atoms with van der Waals surface area (Å²) in [5.41, 5.74) is 5.47. The largest absolute Gasteiger partial charge is 0.390 e. The first-order valence-electron chi connectivity index (χ1n) is 13.2. The summed E-state index contributed by atoms with van der Waals surface area (Å²) in [6, 6.07) is 32.4. The van der Waals surface area contributed by atoms with Crippen LogP contribution in [0.2, 0.25) is 0 Å². The molecular formula is C33H28FN3O3. The van der Waals surface area contributed by atoms with Crippen LogP contribution in [0.4, 0.5) is 15.8 Å². The summed E-state index contributed by atoms with van der Waals surface area (Å²) in [7, 11) is 0. The van der Waals surface area contributed by atoms with Gasteiger partial charge in [-0.05, 0) is 35.4 Å². The molecule has 40 heavy (non-hydrogen) atoms. The molecule has 4 unspecified atom stereocenters. The molecule has 6 nitrogen and oxygen atoms in total. The van der Waals surface area contributed by atoms with Crippen molar-refractivity contribution in [2.45, 2.75) is 24.1 Å². The van der Waals surface area contributed by atoms with Crippen molar-refractivity contribution < 1.29 is 19.1 Å². The van der Waals surface area contributed by atoms with Crippen LogP contribution in [0, 0.1) is 11.7 Å². The highest BCUT2D eigenvalue weighted by molar-refractivity contribution is 6.24. The van der Waals surface area contributed by atoms with Crippen LogP contribution >= 0.6 is 0 Å². The number of aliphatic hydroxyl groups excluding tert-OH is 1. The Kier molecular flexibility index (Phi) is 6.99. The number of halogens is 1. The molecule has 6 rings (SSSR count). The molecule has 0 saturated carbocycles. The summed E-state index contributed by atoms with van der Waals surface area (Å²) in [5, 5.41) is 13.6. The number of carbonyl (C=O) groups excluding carboxylic acids is 2. The average Bonchev–Trinajstić information content (AvgIpc) is 3.25. The van der Waals surface area contributed by atoms with Crippen molar-refractivity contribution in [2.75, 3.05) is 10.3 Å². The number of rotatable bonds is 7. The molecule has 2 amide bonds. The number of carbonyl (C=O) groups is 2. The fourth-order valence-corrected chi connectivity index (χ4v) is 5.72. The van der Waals surface area contributed by atoms with Gasteiger partial charge in [0, 0.05) is 5.92 Å². The first-order valence-corrected chi connectivity index (χ1v) is 13.2. The van der Waals surface area contributed by atoms with Gasteiger partial charge in [-0.15, -0.1) is 0 Å². The zero-order valence-corrected chi connectivity index (χ0v) is 21.5. The first-order chi connectivity index (χ1) is 19.5. The second-order valence-electron chi connectivity index (χ2n) is 9.98. The molecule has 0 aromatic heterocycles. The highest BCUT2D eigenvalue weighted by Gasteiger charge is 2.54. The molecule has 0 radical (unpaired) electrons. The van der Waals surface area contributed by atoms with Crippen LogP contribution in [0.1, 0.15) is 17.0 Å². The Labute approximate surface area is 232 Å². The molecule has 7 heteroatoms. The molecule has 4 aromatic carbocycles. The molecule has 4 atom stereocenters. The predicted octanol–water partition coefficient (Wildman–Crippen LogP) is 5.14. The molecule has 0 aliphatic carbocycles. The average molecular weight is 534 g/mol. The van der Waals surface area contributed by atoms with Crippen molar-refractivity contribution in [3.63, 3.8) is 0 Å². The van der Waals surface area contributed by atoms with E-state index in [2.05, 4.69) is 5.43 Å². The zero-order chi connectivity index (χ0) is 27.6. The van der Waals surface area contributed by atoms with E-state index in [4.69, 9.17) is 0 Å². The molecule has 4 aromatic rings. The van der Waals surface area contributed by atoms with E-state index in [1.807, 2.05) is 66.7 Å². The molecule has 1 saturated heterocycles. The minimum atomic E-state index is -1.06. The Bertz CT molecular complexity index is 1490. The van der Waals surface area contributed by atoms with Crippen molar-refractivity contribution in [3.05, 3.63) is 144 Å². The highest BCUT2D eigenvalue weighted by atomic mass is 19.1. The number of hydrazine groups is 1. The van der Waals surface area contributed by atoms with Gasteiger partial charge in [-0.3, -0.25) is 9.59 Å². The van der Waals surface area contributed by atoms with Crippen LogP contribution in [0.15, 0.2) is 127 Å². The zero-order valence-electron chi connectivity index (χ0n) is 21.5. The molecule has 1 fully saturated rings. The van der Waals surface area contributed by atoms with Gasteiger partial charge in [-0.1, -0.05) is 103 Å². The number of hydrogen-bond acceptors (Lipinski definition) is 5. The minimum Gasteiger partial charge on any atom is -0.390 e. The maximum absolute atomic E-state index is 14.9. The van der Waals surface area contributed by atoms with Crippen molar-refractivity contribution >= 4 is 23.2 Å². The van der Waals surface area contributed by atoms with Crippen LogP contribution < -0.4 is 10.3 Å². The van der Waals surface area contributed by atoms with Crippen LogP contribution in [0.5, 0.6) is 0 Å². The molecule has 0 spiro atoms. The van der Waals surface area contributed by atoms with Crippen molar-refractivity contribution in [1.82, 2.24) is 5.01 Å². The second kappa shape index (κ2) is 10.9. The maximum Gasteiger partial charge on any atom is 0.254 e. The first kappa shape index (κ1) is 25.7. The molecule has 0 bridgehead atoms. The predicted molar refractivity (Wildman–Crippen MR) is 152 cm³/mol. The van der Waals surface area contributed by atoms with Crippen LogP contribution in [-0.2, 0) is 9.59 Å². The molecule has 2 N–H and O–H groups in total. The summed E-state index contributed by atoms with van der Waals surface area (Å²) in [5.74, 6) is -2.59. The quantitative estimate of drug-likeness (QED) is 0.254. The van der Waals surface area contributed by atoms with Gasteiger partial charge in [0.1, 0.15) is 11.9 Å². The Balaban J connectivity index is 1.44. The van der Waals surface area contributed by atoms with E-state index >= 15 is 0 Å². The van der Waals surface area contributed by atoms with Crippen LogP contribution in [-0.4, -0.2) is 40.1 Å². The van der Waals surface area contributed by atoms with E-state index in [0.29, 0.717) is 5.69 Å². The van der Waals surface area contributed by atoms with E-state index in [9.17, 15) is 19.1 Å². The summed E-state index contributed by atoms with van der Waals surface area (Å²) in [4.78, 5) is 28.6. The summed E-state index contributed by atoms with van der Waals surface area (Å²) in [6.45, 7) is 0. The SMILES string of the molecule is O=C1C2C=CC(C(O)C(c3ccccc3)c3ccccc3)N(Nc3ccccc3F)C2C(=O)N1c1ccccc1. The smallest absolute Gasteiger partial charge is 0.254 e. The lowest BCUT2D eigenvalue weighted by Crippen LogP contribution is -2.58. The van der Waals surface area contributed by atoms with Crippen LogP contribution in [0.3, 0.4) is 0 Å². The van der Waals surface area contributed by atoms with Crippen LogP contribution in [0.25, 0.3) is 0 Å². The fraction of sp³-hybridized carbons (Fsp3) is 0.152. The van der Waals surface area contributed by atoms with E-state index in [1.54, 1.807) is 59.6 Å². The number of para-hydroxylation sites is 2. The summed E-state index contributed by atoms with van der Waals surface area (Å²) in [6.07, 6.45) is 2.39. The van der Waals surface area contributed by atoms with E-state index < -0.39 is 41.7 Å². The monoisotopic (exact) mass is 533 g/mol. The molecule has 2 heterocycles. The van der Waals surface area contributed by atoms with Gasteiger partial charge in [-0.2, -0.15) is 0 Å². The lowest BCUT2D eigenvalue weighted by atomic mass is 9.81. The highest BCUT2D eigenvalue weighted by Crippen LogP contribution is 2.39. The number of aliphatic hydroxyl groups is 1. The molecule has 2 aliphatic rings. The number of anilines is 2. The van der Waals surface area contributed by atoms with E-state index in [0.717, 1.165) is 11.1 Å².